The summed E-state index contributed by atoms with van der Waals surface area (Å²) in [5, 5.41) is 22.6. The maximum absolute atomic E-state index is 13.3. The first-order valence-corrected chi connectivity index (χ1v) is 16.7. The molecular weight excluding hydrogens is 590 g/mol. The number of fused-ring (bicyclic) bond motifs is 1. The fourth-order valence-electron chi connectivity index (χ4n) is 8.06. The Morgan fingerprint density at radius 2 is 1.83 bits per heavy atom. The van der Waals surface area contributed by atoms with Gasteiger partial charge in [0, 0.05) is 50.9 Å². The lowest BCUT2D eigenvalue weighted by atomic mass is 10.0. The van der Waals surface area contributed by atoms with Crippen molar-refractivity contribution in [3.05, 3.63) is 94.7 Å². The first-order chi connectivity index (χ1) is 23.1. The molecule has 2 fully saturated rings. The minimum absolute atomic E-state index is 0.00269. The van der Waals surface area contributed by atoms with Crippen molar-refractivity contribution in [2.75, 3.05) is 42.6 Å². The van der Waals surface area contributed by atoms with Crippen molar-refractivity contribution in [3.63, 3.8) is 0 Å². The van der Waals surface area contributed by atoms with Crippen LogP contribution in [0.25, 0.3) is 10.8 Å². The molecule has 1 N–H and O–H groups in total. The molecule has 10 nitrogen and oxygen atoms in total. The van der Waals surface area contributed by atoms with E-state index < -0.39 is 6.09 Å². The van der Waals surface area contributed by atoms with E-state index in [9.17, 15) is 15.2 Å². The predicted octanol–water partition coefficient (Wildman–Crippen LogP) is 4.94. The Bertz CT molecular complexity index is 1840. The van der Waals surface area contributed by atoms with E-state index in [2.05, 4.69) is 57.2 Å². The third kappa shape index (κ3) is 5.43. The number of carbonyl (C=O) groups is 1. The second kappa shape index (κ2) is 12.5. The monoisotopic (exact) mass is 629 g/mol. The van der Waals surface area contributed by atoms with E-state index in [0.29, 0.717) is 25.6 Å². The topological polar surface area (TPSA) is 109 Å². The molecule has 240 valence electrons. The average Bonchev–Trinajstić information content (AvgIpc) is 3.85. The molecule has 0 spiro atoms. The van der Waals surface area contributed by atoms with Crippen LogP contribution in [-0.2, 0) is 30.9 Å². The zero-order chi connectivity index (χ0) is 31.9. The molecule has 0 saturated carbocycles. The van der Waals surface area contributed by atoms with Crippen molar-refractivity contribution in [2.24, 2.45) is 0 Å². The number of aliphatic hydroxyl groups is 1. The molecule has 4 aromatic rings. The van der Waals surface area contributed by atoms with Crippen molar-refractivity contribution in [2.45, 2.75) is 63.5 Å². The van der Waals surface area contributed by atoms with E-state index in [0.717, 1.165) is 61.5 Å². The number of piperazine rings is 1. The summed E-state index contributed by atoms with van der Waals surface area (Å²) < 4.78 is 5.69. The van der Waals surface area contributed by atoms with Gasteiger partial charge in [0.1, 0.15) is 12.4 Å². The maximum atomic E-state index is 13.3. The highest BCUT2D eigenvalue weighted by atomic mass is 16.6. The van der Waals surface area contributed by atoms with Crippen molar-refractivity contribution >= 4 is 28.6 Å². The number of benzene rings is 3. The third-order valence-electron chi connectivity index (χ3n) is 10.4. The Balaban J connectivity index is 1.08. The lowest BCUT2D eigenvalue weighted by Crippen LogP contribution is -2.55. The van der Waals surface area contributed by atoms with Crippen LogP contribution in [0.4, 0.5) is 16.6 Å². The van der Waals surface area contributed by atoms with E-state index in [-0.39, 0.29) is 37.8 Å². The first-order valence-electron chi connectivity index (χ1n) is 16.7. The fraction of sp³-hybridized carbons (Fsp3) is 0.405. The lowest BCUT2D eigenvalue weighted by molar-refractivity contribution is 0.0768. The summed E-state index contributed by atoms with van der Waals surface area (Å²) in [6, 6.07) is 25.1. The molecule has 0 bridgehead atoms. The summed E-state index contributed by atoms with van der Waals surface area (Å²) in [5.41, 5.74) is 5.83. The molecule has 47 heavy (non-hydrogen) atoms. The van der Waals surface area contributed by atoms with Gasteiger partial charge in [0.25, 0.3) is 0 Å². The highest BCUT2D eigenvalue weighted by molar-refractivity contribution is 5.91. The molecular formula is C37H39N7O3. The van der Waals surface area contributed by atoms with Crippen LogP contribution in [0.5, 0.6) is 0 Å². The molecule has 1 unspecified atom stereocenters. The summed E-state index contributed by atoms with van der Waals surface area (Å²) in [5.74, 6) is 1.54. The summed E-state index contributed by atoms with van der Waals surface area (Å²) in [6.45, 7) is 4.01. The molecule has 10 heteroatoms. The molecule has 8 rings (SSSR count). The van der Waals surface area contributed by atoms with Crippen LogP contribution in [-0.4, -0.2) is 75.8 Å². The molecule has 4 heterocycles. The minimum Gasteiger partial charge on any atom is -0.445 e. The van der Waals surface area contributed by atoms with Gasteiger partial charge in [-0.3, -0.25) is 4.90 Å². The molecule has 3 aromatic carbocycles. The predicted molar refractivity (Wildman–Crippen MR) is 179 cm³/mol. The number of nitriles is 1. The van der Waals surface area contributed by atoms with Crippen LogP contribution in [0, 0.1) is 11.3 Å². The van der Waals surface area contributed by atoms with Gasteiger partial charge < -0.3 is 24.5 Å². The van der Waals surface area contributed by atoms with Gasteiger partial charge in [0.2, 0.25) is 5.95 Å². The number of nitrogens with zero attached hydrogens (tertiary/aromatic N) is 7. The summed E-state index contributed by atoms with van der Waals surface area (Å²) in [7, 11) is 0. The maximum Gasteiger partial charge on any atom is 0.410 e. The van der Waals surface area contributed by atoms with Crippen molar-refractivity contribution in [3.8, 4) is 6.07 Å². The van der Waals surface area contributed by atoms with Gasteiger partial charge in [-0.05, 0) is 46.7 Å². The lowest BCUT2D eigenvalue weighted by Gasteiger charge is -2.41. The smallest absolute Gasteiger partial charge is 0.410 e. The van der Waals surface area contributed by atoms with E-state index in [1.165, 1.54) is 21.9 Å². The van der Waals surface area contributed by atoms with E-state index in [1.54, 1.807) is 4.90 Å². The number of anilines is 2. The van der Waals surface area contributed by atoms with Crippen LogP contribution < -0.4 is 9.80 Å². The molecule has 3 atom stereocenters. The van der Waals surface area contributed by atoms with Gasteiger partial charge in [0.05, 0.1) is 36.9 Å². The van der Waals surface area contributed by atoms with Crippen LogP contribution in [0.1, 0.15) is 53.3 Å². The SMILES string of the molecule is N#CC[C@H]1CN(c2nc(N3CCC[C@H]3CO)nc3c2CN(C2Cc4cccc5cccc2c45)C3)CCN1C(=O)OCc1ccccc1. The number of aromatic nitrogens is 2. The minimum atomic E-state index is -0.397. The molecule has 0 radical (unpaired) electrons. The second-order valence-corrected chi connectivity index (χ2v) is 13.1. The number of rotatable bonds is 7. The molecule has 1 aromatic heterocycles. The number of hydrogen-bond donors (Lipinski definition) is 1. The van der Waals surface area contributed by atoms with Gasteiger partial charge in [-0.15, -0.1) is 0 Å². The van der Waals surface area contributed by atoms with E-state index in [1.807, 2.05) is 30.3 Å². The summed E-state index contributed by atoms with van der Waals surface area (Å²) in [4.78, 5) is 32.3. The Morgan fingerprint density at radius 1 is 0.979 bits per heavy atom. The Hall–Kier alpha value is -4.72. The van der Waals surface area contributed by atoms with E-state index >= 15 is 0 Å². The van der Waals surface area contributed by atoms with Crippen molar-refractivity contribution in [1.29, 1.82) is 5.26 Å². The number of aliphatic hydroxyl groups excluding tert-OH is 1. The highest BCUT2D eigenvalue weighted by Crippen LogP contribution is 2.44. The normalized spacial score (nSPS) is 22.1. The van der Waals surface area contributed by atoms with E-state index in [4.69, 9.17) is 14.7 Å². The van der Waals surface area contributed by atoms with Crippen LogP contribution in [0.15, 0.2) is 66.7 Å². The zero-order valence-electron chi connectivity index (χ0n) is 26.5. The third-order valence-corrected chi connectivity index (χ3v) is 10.4. The highest BCUT2D eigenvalue weighted by Gasteiger charge is 2.39. The van der Waals surface area contributed by atoms with Gasteiger partial charge >= 0.3 is 6.09 Å². The van der Waals surface area contributed by atoms with Crippen LogP contribution in [0.2, 0.25) is 0 Å². The van der Waals surface area contributed by atoms with Crippen LogP contribution >= 0.6 is 0 Å². The molecule has 1 amide bonds. The average molecular weight is 630 g/mol. The first kappa shape index (κ1) is 29.7. The van der Waals surface area contributed by atoms with Crippen LogP contribution in [0.3, 0.4) is 0 Å². The number of ether oxygens (including phenoxy) is 1. The second-order valence-electron chi connectivity index (χ2n) is 13.1. The van der Waals surface area contributed by atoms with Gasteiger partial charge in [-0.25, -0.2) is 9.78 Å². The van der Waals surface area contributed by atoms with Crippen molar-refractivity contribution in [1.82, 2.24) is 19.8 Å². The number of amides is 1. The number of carbonyl (C=O) groups excluding carboxylic acids is 1. The molecule has 1 aliphatic carbocycles. The van der Waals surface area contributed by atoms with Gasteiger partial charge in [-0.1, -0.05) is 66.7 Å². The van der Waals surface area contributed by atoms with Crippen molar-refractivity contribution < 1.29 is 14.6 Å². The zero-order valence-corrected chi connectivity index (χ0v) is 26.5. The summed E-state index contributed by atoms with van der Waals surface area (Å²) in [6.07, 6.45) is 2.67. The van der Waals surface area contributed by atoms with Gasteiger partial charge in [0.15, 0.2) is 0 Å². The fourth-order valence-corrected chi connectivity index (χ4v) is 8.06. The Labute approximate surface area is 274 Å². The molecule has 2 saturated heterocycles. The van der Waals surface area contributed by atoms with Gasteiger partial charge in [-0.2, -0.15) is 10.2 Å². The Kier molecular flexibility index (Phi) is 7.87. The number of hydrogen-bond acceptors (Lipinski definition) is 9. The standard InChI is InChI=1S/C37H39N7O3/c38-15-14-28-20-41(17-18-44(28)37(46)47-24-25-7-2-1-3-8-25)35-31-21-42(22-32(31)39-36(40-35)43-16-6-12-29(43)23-45)33-19-27-11-4-9-26-10-5-13-30(33)34(26)27/h1-5,7-11,13,28-29,33,45H,6,12,14,16-24H2/t28-,29-,33?/m0/s1. The molecule has 3 aliphatic heterocycles. The summed E-state index contributed by atoms with van der Waals surface area (Å²) >= 11 is 0. The largest absolute Gasteiger partial charge is 0.445 e. The Morgan fingerprint density at radius 3 is 2.66 bits per heavy atom. The molecule has 4 aliphatic rings. The quantitative estimate of drug-likeness (QED) is 0.304.